The van der Waals surface area contributed by atoms with Gasteiger partial charge in [0, 0.05) is 23.6 Å². The van der Waals surface area contributed by atoms with Crippen molar-refractivity contribution in [2.24, 2.45) is 0 Å². The Hall–Kier alpha value is -1.48. The van der Waals surface area contributed by atoms with Crippen LogP contribution < -0.4 is 10.1 Å². The minimum Gasteiger partial charge on any atom is -0.494 e. The van der Waals surface area contributed by atoms with Crippen LogP contribution in [0.1, 0.15) is 33.1 Å². The van der Waals surface area contributed by atoms with Crippen molar-refractivity contribution in [2.75, 3.05) is 19.7 Å². The van der Waals surface area contributed by atoms with Crippen LogP contribution in [0.15, 0.2) is 30.5 Å². The van der Waals surface area contributed by atoms with E-state index in [4.69, 9.17) is 4.74 Å². The van der Waals surface area contributed by atoms with Gasteiger partial charge in [-0.1, -0.05) is 6.92 Å². The lowest BCUT2D eigenvalue weighted by Gasteiger charge is -2.07. The highest BCUT2D eigenvalue weighted by atomic mass is 16.5. The van der Waals surface area contributed by atoms with Gasteiger partial charge in [-0.15, -0.1) is 0 Å². The average molecular weight is 274 g/mol. The molecule has 1 heterocycles. The van der Waals surface area contributed by atoms with Gasteiger partial charge in [-0.05, 0) is 63.5 Å². The molecular weight excluding hydrogens is 248 g/mol. The third-order valence-electron chi connectivity index (χ3n) is 3.48. The van der Waals surface area contributed by atoms with Crippen LogP contribution >= 0.6 is 0 Å². The predicted octanol–water partition coefficient (Wildman–Crippen LogP) is 3.82. The molecule has 110 valence electrons. The Balaban J connectivity index is 1.87. The zero-order chi connectivity index (χ0) is 14.2. The fraction of sp³-hybridized carbons (Fsp3) is 0.529. The SMILES string of the molecule is CCCNCCCCn1ccc2cc(OCC)ccc21. The van der Waals surface area contributed by atoms with E-state index in [-0.39, 0.29) is 0 Å². The van der Waals surface area contributed by atoms with Gasteiger partial charge in [-0.3, -0.25) is 0 Å². The summed E-state index contributed by atoms with van der Waals surface area (Å²) in [5.41, 5.74) is 1.30. The van der Waals surface area contributed by atoms with Crippen molar-refractivity contribution < 1.29 is 4.74 Å². The molecule has 0 saturated heterocycles. The quantitative estimate of drug-likeness (QED) is 0.704. The first-order valence-electron chi connectivity index (χ1n) is 7.77. The largest absolute Gasteiger partial charge is 0.494 e. The second-order valence-corrected chi connectivity index (χ2v) is 5.12. The third kappa shape index (κ3) is 4.01. The van der Waals surface area contributed by atoms with E-state index >= 15 is 0 Å². The summed E-state index contributed by atoms with van der Waals surface area (Å²) in [4.78, 5) is 0. The Morgan fingerprint density at radius 2 is 2.00 bits per heavy atom. The van der Waals surface area contributed by atoms with Crippen LogP contribution in [0.25, 0.3) is 10.9 Å². The lowest BCUT2D eigenvalue weighted by molar-refractivity contribution is 0.340. The van der Waals surface area contributed by atoms with Crippen LogP contribution in [-0.2, 0) is 6.54 Å². The van der Waals surface area contributed by atoms with Crippen molar-refractivity contribution in [2.45, 2.75) is 39.7 Å². The number of nitrogens with one attached hydrogen (secondary N) is 1. The fourth-order valence-electron chi connectivity index (χ4n) is 2.46. The molecule has 3 nitrogen and oxygen atoms in total. The first-order valence-corrected chi connectivity index (χ1v) is 7.77. The molecule has 2 aromatic rings. The summed E-state index contributed by atoms with van der Waals surface area (Å²) in [6, 6.07) is 8.52. The molecule has 0 radical (unpaired) electrons. The zero-order valence-corrected chi connectivity index (χ0v) is 12.7. The van der Waals surface area contributed by atoms with Crippen molar-refractivity contribution in [3.05, 3.63) is 30.5 Å². The zero-order valence-electron chi connectivity index (χ0n) is 12.7. The molecule has 1 N–H and O–H groups in total. The summed E-state index contributed by atoms with van der Waals surface area (Å²) in [5.74, 6) is 0.960. The third-order valence-corrected chi connectivity index (χ3v) is 3.48. The van der Waals surface area contributed by atoms with Crippen molar-refractivity contribution in [1.82, 2.24) is 9.88 Å². The van der Waals surface area contributed by atoms with Gasteiger partial charge in [-0.2, -0.15) is 0 Å². The second-order valence-electron chi connectivity index (χ2n) is 5.12. The standard InChI is InChI=1S/C17H26N2O/c1-3-10-18-11-5-6-12-19-13-9-15-14-16(20-4-2)7-8-17(15)19/h7-9,13-14,18H,3-6,10-12H2,1-2H3. The van der Waals surface area contributed by atoms with E-state index < -0.39 is 0 Å². The molecule has 0 unspecified atom stereocenters. The van der Waals surface area contributed by atoms with Gasteiger partial charge in [0.25, 0.3) is 0 Å². The van der Waals surface area contributed by atoms with Gasteiger partial charge < -0.3 is 14.6 Å². The van der Waals surface area contributed by atoms with E-state index in [9.17, 15) is 0 Å². The Morgan fingerprint density at radius 3 is 2.80 bits per heavy atom. The molecule has 0 atom stereocenters. The minimum atomic E-state index is 0.719. The highest BCUT2D eigenvalue weighted by Gasteiger charge is 2.02. The predicted molar refractivity (Wildman–Crippen MR) is 85.5 cm³/mol. The summed E-state index contributed by atoms with van der Waals surface area (Å²) in [7, 11) is 0. The number of aryl methyl sites for hydroxylation is 1. The first-order chi connectivity index (χ1) is 9.85. The molecule has 3 heteroatoms. The smallest absolute Gasteiger partial charge is 0.120 e. The molecule has 0 aliphatic rings. The van der Waals surface area contributed by atoms with E-state index in [2.05, 4.69) is 47.3 Å². The second kappa shape index (κ2) is 7.95. The summed E-state index contributed by atoms with van der Waals surface area (Å²) in [6.45, 7) is 8.29. The highest BCUT2D eigenvalue weighted by molar-refractivity contribution is 5.81. The highest BCUT2D eigenvalue weighted by Crippen LogP contribution is 2.22. The van der Waals surface area contributed by atoms with Gasteiger partial charge in [0.15, 0.2) is 0 Å². The van der Waals surface area contributed by atoms with Crippen LogP contribution in [0.5, 0.6) is 5.75 Å². The first kappa shape index (κ1) is 14.9. The molecule has 0 spiro atoms. The van der Waals surface area contributed by atoms with Crippen LogP contribution in [0.4, 0.5) is 0 Å². The topological polar surface area (TPSA) is 26.2 Å². The Labute approximate surface area is 121 Å². The molecule has 20 heavy (non-hydrogen) atoms. The number of hydrogen-bond donors (Lipinski definition) is 1. The van der Waals surface area contributed by atoms with E-state index in [1.165, 1.54) is 30.2 Å². The Morgan fingerprint density at radius 1 is 1.10 bits per heavy atom. The van der Waals surface area contributed by atoms with E-state index in [1.807, 2.05) is 6.92 Å². The molecule has 1 aromatic carbocycles. The van der Waals surface area contributed by atoms with E-state index in [0.29, 0.717) is 0 Å². The molecule has 0 bridgehead atoms. The van der Waals surface area contributed by atoms with Crippen LogP contribution in [-0.4, -0.2) is 24.3 Å². The van der Waals surface area contributed by atoms with Crippen molar-refractivity contribution in [1.29, 1.82) is 0 Å². The number of ether oxygens (including phenoxy) is 1. The molecule has 0 aliphatic heterocycles. The molecule has 0 amide bonds. The van der Waals surface area contributed by atoms with Crippen LogP contribution in [0.2, 0.25) is 0 Å². The number of hydrogen-bond acceptors (Lipinski definition) is 2. The molecule has 0 fully saturated rings. The van der Waals surface area contributed by atoms with Gasteiger partial charge in [0.2, 0.25) is 0 Å². The molecular formula is C17H26N2O. The number of fused-ring (bicyclic) bond motifs is 1. The molecule has 1 aromatic heterocycles. The summed E-state index contributed by atoms with van der Waals surface area (Å²) in [6.07, 6.45) is 5.84. The lowest BCUT2D eigenvalue weighted by Crippen LogP contribution is -2.16. The summed E-state index contributed by atoms with van der Waals surface area (Å²) >= 11 is 0. The van der Waals surface area contributed by atoms with Gasteiger partial charge in [0.05, 0.1) is 6.61 Å². The lowest BCUT2D eigenvalue weighted by atomic mass is 10.2. The maximum Gasteiger partial charge on any atom is 0.120 e. The Kier molecular flexibility index (Phi) is 5.93. The van der Waals surface area contributed by atoms with Crippen molar-refractivity contribution in [3.63, 3.8) is 0 Å². The number of aromatic nitrogens is 1. The van der Waals surface area contributed by atoms with Crippen LogP contribution in [0.3, 0.4) is 0 Å². The van der Waals surface area contributed by atoms with E-state index in [0.717, 1.165) is 32.0 Å². The van der Waals surface area contributed by atoms with Crippen LogP contribution in [0, 0.1) is 0 Å². The molecule has 0 aliphatic carbocycles. The average Bonchev–Trinajstić information content (AvgIpc) is 2.86. The maximum atomic E-state index is 5.54. The number of nitrogens with zero attached hydrogens (tertiary/aromatic N) is 1. The van der Waals surface area contributed by atoms with E-state index in [1.54, 1.807) is 0 Å². The van der Waals surface area contributed by atoms with Gasteiger partial charge in [0.1, 0.15) is 5.75 Å². The van der Waals surface area contributed by atoms with Gasteiger partial charge >= 0.3 is 0 Å². The normalized spacial score (nSPS) is 11.1. The molecule has 2 rings (SSSR count). The fourth-order valence-corrected chi connectivity index (χ4v) is 2.46. The maximum absolute atomic E-state index is 5.54. The number of unbranched alkanes of at least 4 members (excludes halogenated alkanes) is 1. The molecule has 0 saturated carbocycles. The van der Waals surface area contributed by atoms with Crippen molar-refractivity contribution in [3.8, 4) is 5.75 Å². The van der Waals surface area contributed by atoms with Gasteiger partial charge in [-0.25, -0.2) is 0 Å². The summed E-state index contributed by atoms with van der Waals surface area (Å²) in [5, 5.41) is 4.71. The number of rotatable bonds is 9. The number of benzene rings is 1. The summed E-state index contributed by atoms with van der Waals surface area (Å²) < 4.78 is 7.88. The van der Waals surface area contributed by atoms with Crippen molar-refractivity contribution >= 4 is 10.9 Å². The monoisotopic (exact) mass is 274 g/mol. The minimum absolute atomic E-state index is 0.719. The Bertz CT molecular complexity index is 519.